The molecule has 0 amide bonds. The van der Waals surface area contributed by atoms with Gasteiger partial charge in [0.25, 0.3) is 0 Å². The molecular weight excluding hydrogens is 220 g/mol. The van der Waals surface area contributed by atoms with Crippen LogP contribution in [0.2, 0.25) is 0 Å². The van der Waals surface area contributed by atoms with E-state index in [9.17, 15) is 9.59 Å². The van der Waals surface area contributed by atoms with Crippen LogP contribution in [0.15, 0.2) is 25.7 Å². The molecule has 0 aliphatic carbocycles. The summed E-state index contributed by atoms with van der Waals surface area (Å²) in [6.07, 6.45) is 3.01. The molecule has 0 radical (unpaired) electrons. The highest BCUT2D eigenvalue weighted by Crippen LogP contribution is 2.31. The summed E-state index contributed by atoms with van der Waals surface area (Å²) in [7, 11) is 0. The van der Waals surface area contributed by atoms with E-state index in [1.165, 1.54) is 0 Å². The second kappa shape index (κ2) is 6.89. The van der Waals surface area contributed by atoms with Gasteiger partial charge in [0.15, 0.2) is 0 Å². The Kier molecular flexibility index (Phi) is 6.25. The fourth-order valence-corrected chi connectivity index (χ4v) is 1.28. The van der Waals surface area contributed by atoms with Crippen molar-refractivity contribution in [3.63, 3.8) is 0 Å². The number of hydrogen-bond acceptors (Lipinski definition) is 4. The minimum Gasteiger partial charge on any atom is -0.435 e. The Balaban J connectivity index is 4.33. The van der Waals surface area contributed by atoms with Crippen LogP contribution in [0.25, 0.3) is 0 Å². The Hall–Kier alpha value is -1.58. The molecule has 4 nitrogen and oxygen atoms in total. The first-order chi connectivity index (χ1) is 7.86. The molecule has 0 aromatic rings. The van der Waals surface area contributed by atoms with E-state index in [2.05, 4.69) is 17.9 Å². The van der Waals surface area contributed by atoms with E-state index >= 15 is 0 Å². The van der Waals surface area contributed by atoms with Crippen LogP contribution in [0.1, 0.15) is 33.6 Å². The minimum absolute atomic E-state index is 0.00712. The van der Waals surface area contributed by atoms with Crippen LogP contribution in [0.4, 0.5) is 0 Å². The lowest BCUT2D eigenvalue weighted by atomic mass is 9.77. The number of hydrogen-bond donors (Lipinski definition) is 0. The molecule has 0 saturated heterocycles. The number of esters is 2. The van der Waals surface area contributed by atoms with E-state index in [0.29, 0.717) is 6.42 Å². The van der Waals surface area contributed by atoms with Gasteiger partial charge in [0.1, 0.15) is 0 Å². The standard InChI is InChI=1S/C13H20O4/c1-6-16-11(14)9-8-10(3)13(4,5)12(15)17-7-2/h6-7,10H,1-2,8-9H2,3-5H3. The first-order valence-corrected chi connectivity index (χ1v) is 5.48. The van der Waals surface area contributed by atoms with Gasteiger partial charge < -0.3 is 9.47 Å². The summed E-state index contributed by atoms with van der Waals surface area (Å²) in [5, 5.41) is 0. The van der Waals surface area contributed by atoms with Gasteiger partial charge in [0.2, 0.25) is 0 Å². The molecule has 0 aromatic heterocycles. The molecule has 0 bridgehead atoms. The number of ether oxygens (including phenoxy) is 2. The summed E-state index contributed by atoms with van der Waals surface area (Å²) < 4.78 is 9.38. The molecule has 0 rings (SSSR count). The van der Waals surface area contributed by atoms with Gasteiger partial charge in [-0.05, 0) is 26.2 Å². The van der Waals surface area contributed by atoms with Gasteiger partial charge in [-0.15, -0.1) is 0 Å². The molecule has 4 heteroatoms. The maximum Gasteiger partial charge on any atom is 0.316 e. The first-order valence-electron chi connectivity index (χ1n) is 5.48. The molecular formula is C13H20O4. The molecule has 0 aliphatic rings. The van der Waals surface area contributed by atoms with E-state index in [1.54, 1.807) is 13.8 Å². The van der Waals surface area contributed by atoms with E-state index in [0.717, 1.165) is 12.5 Å². The van der Waals surface area contributed by atoms with Gasteiger partial charge in [-0.3, -0.25) is 9.59 Å². The van der Waals surface area contributed by atoms with Gasteiger partial charge in [0.05, 0.1) is 17.9 Å². The summed E-state index contributed by atoms with van der Waals surface area (Å²) >= 11 is 0. The maximum atomic E-state index is 11.7. The van der Waals surface area contributed by atoms with Crippen molar-refractivity contribution in [3.8, 4) is 0 Å². The maximum absolute atomic E-state index is 11.7. The van der Waals surface area contributed by atoms with Gasteiger partial charge in [-0.25, -0.2) is 0 Å². The van der Waals surface area contributed by atoms with Crippen LogP contribution in [-0.4, -0.2) is 11.9 Å². The summed E-state index contributed by atoms with van der Waals surface area (Å²) in [4.78, 5) is 22.8. The third-order valence-corrected chi connectivity index (χ3v) is 2.94. The van der Waals surface area contributed by atoms with Crippen molar-refractivity contribution in [2.45, 2.75) is 33.6 Å². The lowest BCUT2D eigenvalue weighted by Gasteiger charge is -2.28. The van der Waals surface area contributed by atoms with Crippen molar-refractivity contribution < 1.29 is 19.1 Å². The predicted molar refractivity (Wildman–Crippen MR) is 64.8 cm³/mol. The largest absolute Gasteiger partial charge is 0.435 e. The van der Waals surface area contributed by atoms with Gasteiger partial charge in [0, 0.05) is 6.42 Å². The lowest BCUT2D eigenvalue weighted by molar-refractivity contribution is -0.151. The van der Waals surface area contributed by atoms with E-state index in [4.69, 9.17) is 4.74 Å². The average molecular weight is 240 g/mol. The zero-order valence-corrected chi connectivity index (χ0v) is 10.7. The summed E-state index contributed by atoms with van der Waals surface area (Å²) in [6.45, 7) is 12.1. The molecule has 0 saturated carbocycles. The molecule has 0 heterocycles. The zero-order valence-electron chi connectivity index (χ0n) is 10.7. The Labute approximate surface area is 102 Å². The molecule has 0 aliphatic heterocycles. The number of carbonyl (C=O) groups excluding carboxylic acids is 2. The van der Waals surface area contributed by atoms with Gasteiger partial charge in [-0.2, -0.15) is 0 Å². The Morgan fingerprint density at radius 2 is 1.76 bits per heavy atom. The average Bonchev–Trinajstić information content (AvgIpc) is 2.26. The fraction of sp³-hybridized carbons (Fsp3) is 0.538. The van der Waals surface area contributed by atoms with E-state index < -0.39 is 5.41 Å². The van der Waals surface area contributed by atoms with Gasteiger partial charge in [-0.1, -0.05) is 20.1 Å². The molecule has 17 heavy (non-hydrogen) atoms. The summed E-state index contributed by atoms with van der Waals surface area (Å²) in [5.74, 6) is -0.704. The zero-order chi connectivity index (χ0) is 13.5. The Morgan fingerprint density at radius 1 is 1.24 bits per heavy atom. The quantitative estimate of drug-likeness (QED) is 0.507. The second-order valence-electron chi connectivity index (χ2n) is 4.39. The molecule has 1 atom stereocenters. The van der Waals surface area contributed by atoms with Crippen LogP contribution in [0.3, 0.4) is 0 Å². The molecule has 0 N–H and O–H groups in total. The van der Waals surface area contributed by atoms with Crippen molar-refractivity contribution in [1.82, 2.24) is 0 Å². The third-order valence-electron chi connectivity index (χ3n) is 2.94. The molecule has 1 unspecified atom stereocenters. The Bertz CT molecular complexity index is 305. The number of carbonyl (C=O) groups is 2. The van der Waals surface area contributed by atoms with Crippen LogP contribution < -0.4 is 0 Å². The molecule has 0 aromatic carbocycles. The third kappa shape index (κ3) is 4.85. The summed E-state index contributed by atoms with van der Waals surface area (Å²) in [6, 6.07) is 0. The van der Waals surface area contributed by atoms with E-state index in [1.807, 2.05) is 6.92 Å². The minimum atomic E-state index is -0.664. The topological polar surface area (TPSA) is 52.6 Å². The smallest absolute Gasteiger partial charge is 0.316 e. The van der Waals surface area contributed by atoms with E-state index in [-0.39, 0.29) is 24.3 Å². The highest BCUT2D eigenvalue weighted by atomic mass is 16.5. The van der Waals surface area contributed by atoms with Gasteiger partial charge >= 0.3 is 11.9 Å². The highest BCUT2D eigenvalue weighted by Gasteiger charge is 2.35. The molecule has 0 spiro atoms. The molecule has 0 fully saturated rings. The van der Waals surface area contributed by atoms with Crippen LogP contribution >= 0.6 is 0 Å². The van der Waals surface area contributed by atoms with Crippen molar-refractivity contribution in [2.75, 3.05) is 0 Å². The SMILES string of the molecule is C=COC(=O)CCC(C)C(C)(C)C(=O)OC=C. The van der Waals surface area contributed by atoms with Crippen molar-refractivity contribution in [1.29, 1.82) is 0 Å². The predicted octanol–water partition coefficient (Wildman–Crippen LogP) is 2.80. The number of rotatable bonds is 7. The highest BCUT2D eigenvalue weighted by molar-refractivity contribution is 5.77. The normalized spacial score (nSPS) is 12.4. The van der Waals surface area contributed by atoms with Crippen molar-refractivity contribution in [3.05, 3.63) is 25.7 Å². The molecule has 96 valence electrons. The lowest BCUT2D eigenvalue weighted by Crippen LogP contribution is -2.32. The van der Waals surface area contributed by atoms with Crippen LogP contribution in [-0.2, 0) is 19.1 Å². The summed E-state index contributed by atoms with van der Waals surface area (Å²) in [5.41, 5.74) is -0.664. The monoisotopic (exact) mass is 240 g/mol. The first kappa shape index (κ1) is 15.4. The van der Waals surface area contributed by atoms with Crippen molar-refractivity contribution in [2.24, 2.45) is 11.3 Å². The second-order valence-corrected chi connectivity index (χ2v) is 4.39. The van der Waals surface area contributed by atoms with Crippen LogP contribution in [0, 0.1) is 11.3 Å². The van der Waals surface area contributed by atoms with Crippen molar-refractivity contribution >= 4 is 11.9 Å². The fourth-order valence-electron chi connectivity index (χ4n) is 1.28. The Morgan fingerprint density at radius 3 is 2.24 bits per heavy atom. The van der Waals surface area contributed by atoms with Crippen LogP contribution in [0.5, 0.6) is 0 Å².